The van der Waals surface area contributed by atoms with Crippen LogP contribution >= 0.6 is 0 Å². The number of hydrogen-bond acceptors (Lipinski definition) is 6. The summed E-state index contributed by atoms with van der Waals surface area (Å²) < 4.78 is 26.4. The van der Waals surface area contributed by atoms with Gasteiger partial charge in [0.1, 0.15) is 11.6 Å². The van der Waals surface area contributed by atoms with E-state index < -0.39 is 13.6 Å². The van der Waals surface area contributed by atoms with Crippen LogP contribution in [0.3, 0.4) is 0 Å². The van der Waals surface area contributed by atoms with Crippen LogP contribution in [0.5, 0.6) is 0 Å². The van der Waals surface area contributed by atoms with Crippen LogP contribution < -0.4 is 0 Å². The van der Waals surface area contributed by atoms with Gasteiger partial charge in [0.2, 0.25) is 0 Å². The van der Waals surface area contributed by atoms with Crippen molar-refractivity contribution in [2.75, 3.05) is 0 Å². The molecule has 27 heavy (non-hydrogen) atoms. The number of carbonyl (C=O) groups is 2. The van der Waals surface area contributed by atoms with E-state index in [9.17, 15) is 18.4 Å². The van der Waals surface area contributed by atoms with Crippen molar-refractivity contribution in [2.45, 2.75) is 61.6 Å². The second-order valence-corrected chi connectivity index (χ2v) is 6.31. The van der Waals surface area contributed by atoms with Gasteiger partial charge in [-0.25, -0.2) is 18.1 Å². The molecule has 8 nitrogen and oxygen atoms in total. The lowest BCUT2D eigenvalue weighted by molar-refractivity contribution is -0.122. The molecule has 0 unspecified atom stereocenters. The molecule has 0 aromatic carbocycles. The van der Waals surface area contributed by atoms with Gasteiger partial charge in [-0.2, -0.15) is 0 Å². The van der Waals surface area contributed by atoms with Gasteiger partial charge in [0.05, 0.1) is 36.6 Å². The molecule has 0 spiro atoms. The maximum atomic E-state index is 12.2. The van der Waals surface area contributed by atoms with E-state index in [0.717, 1.165) is 9.36 Å². The fourth-order valence-electron chi connectivity index (χ4n) is 1.76. The molecule has 0 saturated heterocycles. The van der Waals surface area contributed by atoms with Crippen LogP contribution in [0, 0.1) is 11.8 Å². The highest BCUT2D eigenvalue weighted by molar-refractivity contribution is 5.82. The van der Waals surface area contributed by atoms with Gasteiger partial charge in [-0.05, 0) is 0 Å². The summed E-state index contributed by atoms with van der Waals surface area (Å²) >= 11 is 0. The summed E-state index contributed by atoms with van der Waals surface area (Å²) in [6, 6.07) is 0. The molecule has 0 saturated carbocycles. The summed E-state index contributed by atoms with van der Waals surface area (Å²) in [4.78, 5) is 22.5. The average molecular weight is 384 g/mol. The maximum Gasteiger partial charge on any atom is 0.183 e. The Bertz CT molecular complexity index is 712. The third-order valence-electron chi connectivity index (χ3n) is 3.52. The third kappa shape index (κ3) is 8.14. The van der Waals surface area contributed by atoms with E-state index >= 15 is 0 Å². The molecule has 0 radical (unpaired) electrons. The highest BCUT2D eigenvalue weighted by Gasteiger charge is 2.12. The van der Waals surface area contributed by atoms with Gasteiger partial charge in [-0.1, -0.05) is 45.5 Å². The molecule has 2 aromatic rings. The largest absolute Gasteiger partial charge is 0.299 e. The van der Waals surface area contributed by atoms with Crippen LogP contribution in [0.25, 0.3) is 0 Å². The standard InChI is InChI=1S/2C8H12FN3O.CH4/c1-6(2)8(13)3-7-4-12(5-9)11-10-7;1-6(2)8(13)3-7-4-10-11-12(7)5-9;/h2*4,6H,3,5H2,1-2H3;1H4/i2*9-1;. The molecule has 2 rings (SSSR count). The van der Waals surface area contributed by atoms with Crippen molar-refractivity contribution in [1.29, 1.82) is 0 Å². The first kappa shape index (κ1) is 24.5. The van der Waals surface area contributed by atoms with Crippen molar-refractivity contribution in [1.82, 2.24) is 30.0 Å². The van der Waals surface area contributed by atoms with Crippen LogP contribution in [0.4, 0.5) is 8.78 Å². The van der Waals surface area contributed by atoms with Crippen LogP contribution in [0.1, 0.15) is 46.5 Å². The third-order valence-corrected chi connectivity index (χ3v) is 3.52. The molecule has 0 bridgehead atoms. The van der Waals surface area contributed by atoms with E-state index in [1.807, 2.05) is 27.7 Å². The summed E-state index contributed by atoms with van der Waals surface area (Å²) in [5, 5.41) is 14.2. The van der Waals surface area contributed by atoms with Crippen molar-refractivity contribution in [3.8, 4) is 0 Å². The molecule has 10 heteroatoms. The van der Waals surface area contributed by atoms with Gasteiger partial charge < -0.3 is 0 Å². The first-order valence-electron chi connectivity index (χ1n) is 8.22. The molecule has 0 aliphatic heterocycles. The zero-order valence-corrected chi connectivity index (χ0v) is 15.4. The summed E-state index contributed by atoms with van der Waals surface area (Å²) in [6.45, 7) is 5.82. The van der Waals surface area contributed by atoms with Gasteiger partial charge in [-0.3, -0.25) is 9.59 Å². The van der Waals surface area contributed by atoms with E-state index in [0.29, 0.717) is 11.4 Å². The second kappa shape index (κ2) is 12.0. The van der Waals surface area contributed by atoms with Gasteiger partial charge in [0, 0.05) is 11.8 Å². The number of nitrogens with zero attached hydrogens (tertiary/aromatic N) is 6. The van der Waals surface area contributed by atoms with Crippen molar-refractivity contribution in [3.63, 3.8) is 0 Å². The normalized spacial score (nSPS) is 10.4. The zero-order valence-electron chi connectivity index (χ0n) is 15.4. The Hall–Kier alpha value is -2.52. The predicted molar refractivity (Wildman–Crippen MR) is 96.1 cm³/mol. The molecule has 0 aliphatic carbocycles. The molecule has 0 N–H and O–H groups in total. The highest BCUT2D eigenvalue weighted by Crippen LogP contribution is 2.04. The molecule has 0 amide bonds. The minimum Gasteiger partial charge on any atom is -0.299 e. The minimum atomic E-state index is -0.735. The lowest BCUT2D eigenvalue weighted by atomic mass is 10.1. The zero-order chi connectivity index (χ0) is 19.7. The van der Waals surface area contributed by atoms with Crippen LogP contribution in [-0.2, 0) is 36.0 Å². The Morgan fingerprint density at radius 1 is 1.00 bits per heavy atom. The molecular weight excluding hydrogens is 356 g/mol. The number of carbonyl (C=O) groups excluding carboxylic acids is 2. The molecule has 2 aromatic heterocycles. The lowest BCUT2D eigenvalue weighted by Crippen LogP contribution is -2.13. The monoisotopic (exact) mass is 384 g/mol. The number of aromatic nitrogens is 6. The van der Waals surface area contributed by atoms with E-state index in [4.69, 9.17) is 0 Å². The Kier molecular flexibility index (Phi) is 10.9. The Labute approximate surface area is 157 Å². The number of ketones is 2. The fourth-order valence-corrected chi connectivity index (χ4v) is 1.76. The molecule has 152 valence electrons. The number of Topliss-reactive ketones (excluding diaryl/α,β-unsaturated/α-hetero) is 2. The SMILES string of the molecule is C.CC(C)C(=O)Cc1cn(C[18F])nn1.CC(C)C(=O)Cc1cnnn1C[18F]. The van der Waals surface area contributed by atoms with Crippen LogP contribution in [0.15, 0.2) is 12.4 Å². The molecule has 0 fully saturated rings. The Morgan fingerprint density at radius 2 is 1.59 bits per heavy atom. The van der Waals surface area contributed by atoms with Gasteiger partial charge in [0.15, 0.2) is 13.6 Å². The predicted octanol–water partition coefficient (Wildman–Crippen LogP) is 2.58. The van der Waals surface area contributed by atoms with E-state index in [-0.39, 0.29) is 43.7 Å². The summed E-state index contributed by atoms with van der Waals surface area (Å²) in [7, 11) is 0. The van der Waals surface area contributed by atoms with E-state index in [1.54, 1.807) is 0 Å². The van der Waals surface area contributed by atoms with Crippen LogP contribution in [0.2, 0.25) is 0 Å². The van der Waals surface area contributed by atoms with Crippen molar-refractivity contribution < 1.29 is 18.4 Å². The Morgan fingerprint density at radius 3 is 2.07 bits per heavy atom. The second-order valence-electron chi connectivity index (χ2n) is 6.31. The first-order chi connectivity index (χ1) is 12.3. The summed E-state index contributed by atoms with van der Waals surface area (Å²) in [5.74, 6) is 0.0985. The van der Waals surface area contributed by atoms with Gasteiger partial charge >= 0.3 is 0 Å². The average Bonchev–Trinajstić information content (AvgIpc) is 3.23. The lowest BCUT2D eigenvalue weighted by Gasteiger charge is -2.03. The fraction of sp³-hybridized carbons (Fsp3) is 0.647. The molecule has 0 atom stereocenters. The summed E-state index contributed by atoms with van der Waals surface area (Å²) in [6.07, 6.45) is 3.30. The quantitative estimate of drug-likeness (QED) is 0.694. The number of alkyl halides is 2. The Balaban J connectivity index is 0.000000483. The number of halogens is 2. The highest BCUT2D eigenvalue weighted by atomic mass is 18.2. The molecular formula is C17H28F2N6O2. The first-order valence-corrected chi connectivity index (χ1v) is 8.22. The van der Waals surface area contributed by atoms with E-state index in [1.165, 1.54) is 12.4 Å². The van der Waals surface area contributed by atoms with Crippen molar-refractivity contribution in [3.05, 3.63) is 23.8 Å². The smallest absolute Gasteiger partial charge is 0.183 e. The van der Waals surface area contributed by atoms with Crippen molar-refractivity contribution >= 4 is 11.6 Å². The van der Waals surface area contributed by atoms with Crippen LogP contribution in [-0.4, -0.2) is 41.6 Å². The van der Waals surface area contributed by atoms with Gasteiger partial charge in [0.25, 0.3) is 0 Å². The maximum absolute atomic E-state index is 12.2. The molecule has 2 heterocycles. The number of rotatable bonds is 8. The molecule has 0 aliphatic rings. The van der Waals surface area contributed by atoms with E-state index in [2.05, 4.69) is 20.6 Å². The minimum absolute atomic E-state index is 0. The summed E-state index contributed by atoms with van der Waals surface area (Å²) in [5.41, 5.74) is 1.05. The number of hydrogen-bond donors (Lipinski definition) is 0. The van der Waals surface area contributed by atoms with Gasteiger partial charge in [-0.15, -0.1) is 10.2 Å². The van der Waals surface area contributed by atoms with Crippen molar-refractivity contribution in [2.24, 2.45) is 11.8 Å². The topological polar surface area (TPSA) is 95.6 Å².